The molecule has 0 aliphatic carbocycles. The van der Waals surface area contributed by atoms with Crippen LogP contribution in [0.4, 0.5) is 4.79 Å². The van der Waals surface area contributed by atoms with Crippen LogP contribution in [0.5, 0.6) is 0 Å². The number of fused-ring (bicyclic) bond motifs is 1. The predicted octanol–water partition coefficient (Wildman–Crippen LogP) is 2.19. The van der Waals surface area contributed by atoms with Crippen LogP contribution in [0.25, 0.3) is 10.9 Å². The number of amides is 3. The molecule has 0 spiro atoms. The van der Waals surface area contributed by atoms with Crippen molar-refractivity contribution in [3.8, 4) is 0 Å². The summed E-state index contributed by atoms with van der Waals surface area (Å²) < 4.78 is 1.08. The van der Waals surface area contributed by atoms with Crippen LogP contribution in [0.15, 0.2) is 23.3 Å². The molecule has 1 aromatic carbocycles. The molecule has 2 N–H and O–H groups in total. The number of urea groups is 1. The molecule has 0 aliphatic rings. The largest absolute Gasteiger partial charge is 0.338 e. The molecule has 0 bridgehead atoms. The monoisotopic (exact) mass is 370 g/mol. The van der Waals surface area contributed by atoms with Gasteiger partial charge in [0.25, 0.3) is 5.56 Å². The summed E-state index contributed by atoms with van der Waals surface area (Å²) in [5.41, 5.74) is -0.167. The van der Waals surface area contributed by atoms with E-state index in [0.29, 0.717) is 17.1 Å². The molecule has 3 amide bonds. The van der Waals surface area contributed by atoms with Crippen LogP contribution in [-0.2, 0) is 11.3 Å². The third kappa shape index (κ3) is 4.46. The molecule has 0 radical (unpaired) electrons. The van der Waals surface area contributed by atoms with Crippen LogP contribution in [0.3, 0.4) is 0 Å². The SMILES string of the molecule is CC(C)CNC(=O)NC(=O)Cn1cnc2c(Cl)cc(Cl)cc2c1=O. The molecule has 0 aliphatic heterocycles. The summed E-state index contributed by atoms with van der Waals surface area (Å²) in [7, 11) is 0. The average Bonchev–Trinajstić information content (AvgIpc) is 2.48. The number of carbonyl (C=O) groups excluding carboxylic acids is 2. The normalized spacial score (nSPS) is 10.9. The first-order valence-corrected chi connectivity index (χ1v) is 7.95. The van der Waals surface area contributed by atoms with Gasteiger partial charge in [0, 0.05) is 11.6 Å². The van der Waals surface area contributed by atoms with Gasteiger partial charge in [0.15, 0.2) is 0 Å². The Balaban J connectivity index is 2.15. The van der Waals surface area contributed by atoms with Crippen LogP contribution < -0.4 is 16.2 Å². The summed E-state index contributed by atoms with van der Waals surface area (Å²) in [6.45, 7) is 3.95. The van der Waals surface area contributed by atoms with Gasteiger partial charge in [-0.05, 0) is 18.1 Å². The average molecular weight is 371 g/mol. The Bertz CT molecular complexity index is 848. The smallest absolute Gasteiger partial charge is 0.321 e. The highest BCUT2D eigenvalue weighted by molar-refractivity contribution is 6.38. The summed E-state index contributed by atoms with van der Waals surface area (Å²) in [6.07, 6.45) is 1.20. The van der Waals surface area contributed by atoms with Gasteiger partial charge in [0.2, 0.25) is 5.91 Å². The lowest BCUT2D eigenvalue weighted by molar-refractivity contribution is -0.120. The number of hydrogen-bond donors (Lipinski definition) is 2. The number of imide groups is 1. The fourth-order valence-electron chi connectivity index (χ4n) is 1.97. The van der Waals surface area contributed by atoms with Crippen LogP contribution in [0, 0.1) is 5.92 Å². The molecule has 2 aromatic rings. The van der Waals surface area contributed by atoms with E-state index in [9.17, 15) is 14.4 Å². The lowest BCUT2D eigenvalue weighted by atomic mass is 10.2. The summed E-state index contributed by atoms with van der Waals surface area (Å²) >= 11 is 11.9. The Labute approximate surface area is 148 Å². The highest BCUT2D eigenvalue weighted by atomic mass is 35.5. The van der Waals surface area contributed by atoms with E-state index < -0.39 is 17.5 Å². The maximum Gasteiger partial charge on any atom is 0.321 e. The molecule has 128 valence electrons. The van der Waals surface area contributed by atoms with Crippen LogP contribution in [-0.4, -0.2) is 28.0 Å². The van der Waals surface area contributed by atoms with Crippen molar-refractivity contribution in [3.05, 3.63) is 38.9 Å². The van der Waals surface area contributed by atoms with Gasteiger partial charge in [-0.3, -0.25) is 19.5 Å². The number of benzene rings is 1. The highest BCUT2D eigenvalue weighted by Gasteiger charge is 2.13. The first kappa shape index (κ1) is 18.2. The number of nitrogens with zero attached hydrogens (tertiary/aromatic N) is 2. The van der Waals surface area contributed by atoms with Crippen molar-refractivity contribution in [1.82, 2.24) is 20.2 Å². The van der Waals surface area contributed by atoms with Crippen molar-refractivity contribution < 1.29 is 9.59 Å². The maximum absolute atomic E-state index is 12.4. The summed E-state index contributed by atoms with van der Waals surface area (Å²) in [5, 5.41) is 5.45. The number of halogens is 2. The number of hydrogen-bond acceptors (Lipinski definition) is 4. The van der Waals surface area contributed by atoms with Crippen molar-refractivity contribution in [2.45, 2.75) is 20.4 Å². The molecular formula is C15H16Cl2N4O3. The van der Waals surface area contributed by atoms with Gasteiger partial charge < -0.3 is 5.32 Å². The standard InChI is InChI=1S/C15H16Cl2N4O3/c1-8(2)5-18-15(24)20-12(22)6-21-7-19-13-10(14(21)23)3-9(16)4-11(13)17/h3-4,7-8H,5-6H2,1-2H3,(H2,18,20,22,24). The maximum atomic E-state index is 12.4. The van der Waals surface area contributed by atoms with Crippen LogP contribution >= 0.6 is 23.2 Å². The zero-order valence-electron chi connectivity index (χ0n) is 13.1. The summed E-state index contributed by atoms with van der Waals surface area (Å²) in [6, 6.07) is 2.30. The second-order valence-corrected chi connectivity index (χ2v) is 6.46. The topological polar surface area (TPSA) is 93.1 Å². The Hall–Kier alpha value is -2.12. The van der Waals surface area contributed by atoms with E-state index >= 15 is 0 Å². The van der Waals surface area contributed by atoms with E-state index in [1.54, 1.807) is 0 Å². The third-order valence-electron chi connectivity index (χ3n) is 3.08. The Morgan fingerprint density at radius 1 is 1.29 bits per heavy atom. The van der Waals surface area contributed by atoms with Gasteiger partial charge in [0.1, 0.15) is 6.54 Å². The second kappa shape index (κ2) is 7.63. The minimum absolute atomic E-state index is 0.201. The number of rotatable bonds is 4. The molecule has 0 fully saturated rings. The lowest BCUT2D eigenvalue weighted by Crippen LogP contribution is -2.43. The van der Waals surface area contributed by atoms with E-state index in [2.05, 4.69) is 15.6 Å². The van der Waals surface area contributed by atoms with E-state index in [4.69, 9.17) is 23.2 Å². The Kier molecular flexibility index (Phi) is 5.80. The molecule has 1 aromatic heterocycles. The molecule has 1 heterocycles. The molecule has 0 unspecified atom stereocenters. The number of carbonyl (C=O) groups is 2. The van der Waals surface area contributed by atoms with Crippen molar-refractivity contribution in [2.75, 3.05) is 6.54 Å². The molecule has 7 nitrogen and oxygen atoms in total. The van der Waals surface area contributed by atoms with E-state index in [-0.39, 0.29) is 22.9 Å². The second-order valence-electron chi connectivity index (χ2n) is 5.61. The van der Waals surface area contributed by atoms with E-state index in [0.717, 1.165) is 4.57 Å². The first-order chi connectivity index (χ1) is 11.3. The fraction of sp³-hybridized carbons (Fsp3) is 0.333. The minimum atomic E-state index is -0.632. The summed E-state index contributed by atoms with van der Waals surface area (Å²) in [4.78, 5) is 39.9. The number of aromatic nitrogens is 2. The van der Waals surface area contributed by atoms with Crippen molar-refractivity contribution in [1.29, 1.82) is 0 Å². The quantitative estimate of drug-likeness (QED) is 0.862. The van der Waals surface area contributed by atoms with Gasteiger partial charge in [0.05, 0.1) is 22.3 Å². The van der Waals surface area contributed by atoms with Crippen molar-refractivity contribution in [2.24, 2.45) is 5.92 Å². The van der Waals surface area contributed by atoms with Gasteiger partial charge in [-0.25, -0.2) is 9.78 Å². The number of nitrogens with one attached hydrogen (secondary N) is 2. The van der Waals surface area contributed by atoms with E-state index in [1.807, 2.05) is 13.8 Å². The molecule has 0 saturated heterocycles. The molecule has 0 atom stereocenters. The Morgan fingerprint density at radius 2 is 2.00 bits per heavy atom. The van der Waals surface area contributed by atoms with Gasteiger partial charge in [-0.2, -0.15) is 0 Å². The minimum Gasteiger partial charge on any atom is -0.338 e. The van der Waals surface area contributed by atoms with Gasteiger partial charge in [-0.1, -0.05) is 37.0 Å². The van der Waals surface area contributed by atoms with Crippen LogP contribution in [0.2, 0.25) is 10.0 Å². The van der Waals surface area contributed by atoms with Crippen molar-refractivity contribution in [3.63, 3.8) is 0 Å². The highest BCUT2D eigenvalue weighted by Crippen LogP contribution is 2.23. The van der Waals surface area contributed by atoms with E-state index in [1.165, 1.54) is 18.5 Å². The molecule has 2 rings (SSSR count). The zero-order valence-corrected chi connectivity index (χ0v) is 14.6. The molecule has 0 saturated carbocycles. The molecule has 24 heavy (non-hydrogen) atoms. The summed E-state index contributed by atoms with van der Waals surface area (Å²) in [5.74, 6) is -0.375. The predicted molar refractivity (Wildman–Crippen MR) is 92.4 cm³/mol. The zero-order chi connectivity index (χ0) is 17.9. The Morgan fingerprint density at radius 3 is 2.67 bits per heavy atom. The van der Waals surface area contributed by atoms with Gasteiger partial charge in [-0.15, -0.1) is 0 Å². The third-order valence-corrected chi connectivity index (χ3v) is 3.59. The van der Waals surface area contributed by atoms with Gasteiger partial charge >= 0.3 is 6.03 Å². The fourth-order valence-corrected chi connectivity index (χ4v) is 2.51. The first-order valence-electron chi connectivity index (χ1n) is 7.19. The van der Waals surface area contributed by atoms with Crippen LogP contribution in [0.1, 0.15) is 13.8 Å². The van der Waals surface area contributed by atoms with Crippen molar-refractivity contribution >= 4 is 46.0 Å². The molecular weight excluding hydrogens is 355 g/mol. The molecule has 9 heteroatoms. The lowest BCUT2D eigenvalue weighted by Gasteiger charge is -2.10.